The lowest BCUT2D eigenvalue weighted by Crippen LogP contribution is -2.44. The molecule has 0 nitrogen and oxygen atoms in total. The van der Waals surface area contributed by atoms with E-state index in [2.05, 4.69) is 15.9 Å². The number of thioether (sulfide) groups is 2. The summed E-state index contributed by atoms with van der Waals surface area (Å²) >= 11 is 6.44. The minimum atomic E-state index is -1.55. The van der Waals surface area contributed by atoms with Gasteiger partial charge in [0.25, 0.3) is 0 Å². The number of rotatable bonds is 2. The summed E-state index contributed by atoms with van der Waals surface area (Å²) in [4.78, 5) is 0. The monoisotopic (exact) mass is 406 g/mol. The highest BCUT2D eigenvalue weighted by molar-refractivity contribution is 9.10. The minimum Gasteiger partial charge on any atom is -0.241 e. The molecule has 22 heavy (non-hydrogen) atoms. The fraction of sp³-hybridized carbons (Fsp3) is 0.375. The first-order valence-corrected chi connectivity index (χ1v) is 9.83. The van der Waals surface area contributed by atoms with Gasteiger partial charge in [-0.2, -0.15) is 0 Å². The van der Waals surface area contributed by atoms with Crippen LogP contribution in [0.5, 0.6) is 0 Å². The number of allylic oxidation sites excluding steroid dienone is 4. The quantitative estimate of drug-likeness (QED) is 0.573. The first-order valence-electron chi connectivity index (χ1n) is 6.94. The molecule has 1 aromatic rings. The molecule has 3 rings (SSSR count). The van der Waals surface area contributed by atoms with Gasteiger partial charge in [0.15, 0.2) is 0 Å². The maximum Gasteiger partial charge on any atom is 0.143 e. The highest BCUT2D eigenvalue weighted by Crippen LogP contribution is 2.52. The van der Waals surface area contributed by atoms with Gasteiger partial charge in [-0.1, -0.05) is 34.1 Å². The highest BCUT2D eigenvalue weighted by atomic mass is 79.9. The van der Waals surface area contributed by atoms with Crippen molar-refractivity contribution in [1.29, 1.82) is 0 Å². The number of hydrogen-bond acceptors (Lipinski definition) is 2. The van der Waals surface area contributed by atoms with Gasteiger partial charge in [-0.3, -0.25) is 0 Å². The highest BCUT2D eigenvalue weighted by Gasteiger charge is 2.50. The van der Waals surface area contributed by atoms with Gasteiger partial charge in [0, 0.05) is 5.56 Å². The van der Waals surface area contributed by atoms with Crippen LogP contribution in [0.25, 0.3) is 5.57 Å². The Morgan fingerprint density at radius 1 is 1.14 bits per heavy atom. The predicted molar refractivity (Wildman–Crippen MR) is 93.4 cm³/mol. The molecule has 0 aromatic heterocycles. The van der Waals surface area contributed by atoms with Gasteiger partial charge >= 0.3 is 0 Å². The minimum absolute atomic E-state index is 0.221. The molecule has 2 unspecified atom stereocenters. The molecule has 0 bridgehead atoms. The zero-order valence-electron chi connectivity index (χ0n) is 11.6. The largest absolute Gasteiger partial charge is 0.241 e. The lowest BCUT2D eigenvalue weighted by atomic mass is 9.91. The van der Waals surface area contributed by atoms with Crippen LogP contribution in [-0.2, 0) is 0 Å². The molecule has 0 amide bonds. The molecule has 1 aliphatic heterocycles. The third-order valence-electron chi connectivity index (χ3n) is 3.73. The second-order valence-electron chi connectivity index (χ2n) is 5.19. The van der Waals surface area contributed by atoms with E-state index < -0.39 is 22.1 Å². The normalized spacial score (nSPS) is 29.9. The Hall–Kier alpha value is -0.330. The second kappa shape index (κ2) is 6.65. The van der Waals surface area contributed by atoms with Gasteiger partial charge in [-0.15, -0.1) is 23.5 Å². The standard InChI is InChI=1S/C16H14BrF3S2/c17-16(15-21-6-3-7-22-15)13(19)8-10(9-14(16)20)11-4-1-2-5-12(11)18/h1-2,4-5,8-9,13,15H,3,6-7H2. The first kappa shape index (κ1) is 16.5. The van der Waals surface area contributed by atoms with Crippen molar-refractivity contribution in [3.63, 3.8) is 0 Å². The Kier molecular flexibility index (Phi) is 5.00. The zero-order chi connectivity index (χ0) is 15.7. The van der Waals surface area contributed by atoms with Crippen LogP contribution in [0.15, 0.2) is 42.2 Å². The van der Waals surface area contributed by atoms with Gasteiger partial charge < -0.3 is 0 Å². The molecule has 0 N–H and O–H groups in total. The van der Waals surface area contributed by atoms with Crippen molar-refractivity contribution in [2.75, 3.05) is 11.5 Å². The van der Waals surface area contributed by atoms with E-state index in [1.54, 1.807) is 35.7 Å². The molecule has 1 saturated heterocycles. The van der Waals surface area contributed by atoms with Gasteiger partial charge in [0.05, 0.1) is 4.58 Å². The lowest BCUT2D eigenvalue weighted by Gasteiger charge is -2.39. The Balaban J connectivity index is 1.94. The third kappa shape index (κ3) is 2.89. The molecule has 1 fully saturated rings. The Morgan fingerprint density at radius 3 is 2.45 bits per heavy atom. The van der Waals surface area contributed by atoms with E-state index in [1.807, 2.05) is 0 Å². The van der Waals surface area contributed by atoms with E-state index in [4.69, 9.17) is 0 Å². The molecular weight excluding hydrogens is 393 g/mol. The van der Waals surface area contributed by atoms with Gasteiger partial charge in [0.1, 0.15) is 22.1 Å². The molecule has 6 heteroatoms. The van der Waals surface area contributed by atoms with Crippen LogP contribution in [0.3, 0.4) is 0 Å². The van der Waals surface area contributed by atoms with Gasteiger partial charge in [-0.25, -0.2) is 13.2 Å². The number of halogens is 4. The van der Waals surface area contributed by atoms with Crippen LogP contribution < -0.4 is 0 Å². The second-order valence-corrected chi connectivity index (χ2v) is 9.23. The average molecular weight is 407 g/mol. The van der Waals surface area contributed by atoms with E-state index in [1.165, 1.54) is 24.3 Å². The van der Waals surface area contributed by atoms with Gasteiger partial charge in [-0.05, 0) is 41.7 Å². The smallest absolute Gasteiger partial charge is 0.143 e. The van der Waals surface area contributed by atoms with E-state index in [0.29, 0.717) is 0 Å². The van der Waals surface area contributed by atoms with Crippen molar-refractivity contribution < 1.29 is 13.2 Å². The molecule has 1 aromatic carbocycles. The van der Waals surface area contributed by atoms with Crippen molar-refractivity contribution in [3.8, 4) is 0 Å². The van der Waals surface area contributed by atoms with Crippen molar-refractivity contribution in [2.24, 2.45) is 0 Å². The molecule has 1 aliphatic carbocycles. The molecule has 1 heterocycles. The van der Waals surface area contributed by atoms with E-state index in [9.17, 15) is 13.2 Å². The van der Waals surface area contributed by atoms with Crippen LogP contribution in [0.2, 0.25) is 0 Å². The van der Waals surface area contributed by atoms with Crippen LogP contribution in [-0.4, -0.2) is 26.6 Å². The molecule has 0 saturated carbocycles. The van der Waals surface area contributed by atoms with Crippen molar-refractivity contribution in [1.82, 2.24) is 0 Å². The maximum absolute atomic E-state index is 14.8. The summed E-state index contributed by atoms with van der Waals surface area (Å²) in [5.41, 5.74) is 0.475. The summed E-state index contributed by atoms with van der Waals surface area (Å²) in [6.45, 7) is 0. The summed E-state index contributed by atoms with van der Waals surface area (Å²) in [6, 6.07) is 6.03. The number of benzene rings is 1. The molecule has 2 atom stereocenters. The third-order valence-corrected chi connectivity index (χ3v) is 8.82. The Bertz CT molecular complexity index is 626. The SMILES string of the molecule is FC1=CC(c2ccccc2F)=CC(F)C1(Br)C1SCCCS1. The van der Waals surface area contributed by atoms with E-state index in [0.717, 1.165) is 17.9 Å². The van der Waals surface area contributed by atoms with Crippen LogP contribution in [0.4, 0.5) is 13.2 Å². The summed E-state index contributed by atoms with van der Waals surface area (Å²) in [5.74, 6) is 0.741. The molecule has 0 radical (unpaired) electrons. The summed E-state index contributed by atoms with van der Waals surface area (Å²) < 4.78 is 41.7. The zero-order valence-corrected chi connectivity index (χ0v) is 14.8. The Labute approximate surface area is 144 Å². The van der Waals surface area contributed by atoms with Crippen molar-refractivity contribution in [3.05, 3.63) is 53.6 Å². The fourth-order valence-electron chi connectivity index (χ4n) is 2.54. The molecule has 118 valence electrons. The van der Waals surface area contributed by atoms with Gasteiger partial charge in [0.2, 0.25) is 0 Å². The molecular formula is C16H14BrF3S2. The number of alkyl halides is 2. The van der Waals surface area contributed by atoms with Crippen molar-refractivity contribution >= 4 is 45.0 Å². The summed E-state index contributed by atoms with van der Waals surface area (Å²) in [7, 11) is 0. The maximum atomic E-state index is 14.8. The lowest BCUT2D eigenvalue weighted by molar-refractivity contribution is 0.321. The molecule has 2 aliphatic rings. The summed E-state index contributed by atoms with van der Waals surface area (Å²) in [5, 5.41) is 0. The topological polar surface area (TPSA) is 0 Å². The van der Waals surface area contributed by atoms with Crippen LogP contribution in [0, 0.1) is 5.82 Å². The van der Waals surface area contributed by atoms with E-state index in [-0.39, 0.29) is 15.7 Å². The van der Waals surface area contributed by atoms with E-state index >= 15 is 0 Å². The van der Waals surface area contributed by atoms with Crippen LogP contribution in [0.1, 0.15) is 12.0 Å². The first-order chi connectivity index (χ1) is 10.5. The van der Waals surface area contributed by atoms with Crippen molar-refractivity contribution in [2.45, 2.75) is 21.5 Å². The Morgan fingerprint density at radius 2 is 1.82 bits per heavy atom. The average Bonchev–Trinajstić information content (AvgIpc) is 2.53. The number of hydrogen-bond donors (Lipinski definition) is 0. The summed E-state index contributed by atoms with van der Waals surface area (Å²) in [6.07, 6.45) is 2.06. The predicted octanol–water partition coefficient (Wildman–Crippen LogP) is 5.74. The molecule has 0 spiro atoms. The van der Waals surface area contributed by atoms with Crippen LogP contribution >= 0.6 is 39.5 Å². The fourth-order valence-corrected chi connectivity index (χ4v) is 6.75.